The van der Waals surface area contributed by atoms with E-state index in [1.54, 1.807) is 0 Å². The first kappa shape index (κ1) is 9.86. The van der Waals surface area contributed by atoms with Gasteiger partial charge >= 0.3 is 0 Å². The molecule has 0 fully saturated rings. The molecule has 0 radical (unpaired) electrons. The summed E-state index contributed by atoms with van der Waals surface area (Å²) in [5.74, 6) is 0. The summed E-state index contributed by atoms with van der Waals surface area (Å²) >= 11 is 0. The van der Waals surface area contributed by atoms with Crippen LogP contribution in [0.5, 0.6) is 0 Å². The van der Waals surface area contributed by atoms with Crippen LogP contribution in [0.4, 0.5) is 11.4 Å². The van der Waals surface area contributed by atoms with Gasteiger partial charge in [-0.3, -0.25) is 10.7 Å². The van der Waals surface area contributed by atoms with Crippen LogP contribution in [-0.2, 0) is 0 Å². The minimum atomic E-state index is 0.718. The maximum Gasteiger partial charge on any atom is 0.0603 e. The molecule has 1 aromatic carbocycles. The molecule has 13 heavy (non-hydrogen) atoms. The highest BCUT2D eigenvalue weighted by Gasteiger charge is 1.99. The lowest BCUT2D eigenvalue weighted by Crippen LogP contribution is -2.21. The third-order valence-electron chi connectivity index (χ3n) is 2.12. The second kappa shape index (κ2) is 4.72. The van der Waals surface area contributed by atoms with E-state index in [9.17, 15) is 0 Å². The molecule has 0 aromatic heterocycles. The lowest BCUT2D eigenvalue weighted by atomic mass is 10.2. The van der Waals surface area contributed by atoms with Crippen LogP contribution >= 0.6 is 0 Å². The van der Waals surface area contributed by atoms with Gasteiger partial charge in [-0.1, -0.05) is 0 Å². The van der Waals surface area contributed by atoms with Crippen molar-refractivity contribution in [2.45, 2.75) is 13.8 Å². The van der Waals surface area contributed by atoms with Crippen molar-refractivity contribution >= 4 is 11.4 Å². The Bertz CT molecular complexity index is 242. The van der Waals surface area contributed by atoms with Gasteiger partial charge in [0.1, 0.15) is 0 Å². The minimum Gasteiger partial charge on any atom is -0.372 e. The van der Waals surface area contributed by atoms with Gasteiger partial charge in [0.15, 0.2) is 0 Å². The molecule has 0 heterocycles. The highest BCUT2D eigenvalue weighted by atomic mass is 16.5. The second-order valence-corrected chi connectivity index (χ2v) is 2.83. The number of hydrogen-bond acceptors (Lipinski definition) is 3. The van der Waals surface area contributed by atoms with Crippen molar-refractivity contribution in [2.24, 2.45) is 0 Å². The molecule has 1 aromatic rings. The molecule has 0 saturated carbocycles. The number of rotatable bonds is 4. The summed E-state index contributed by atoms with van der Waals surface area (Å²) in [5, 5.41) is 8.62. The van der Waals surface area contributed by atoms with Gasteiger partial charge < -0.3 is 4.90 Å². The van der Waals surface area contributed by atoms with Crippen molar-refractivity contribution in [2.75, 3.05) is 23.5 Å². The fourth-order valence-corrected chi connectivity index (χ4v) is 1.34. The smallest absolute Gasteiger partial charge is 0.0603 e. The predicted molar refractivity (Wildman–Crippen MR) is 55.4 cm³/mol. The molecular formula is C10H16N2O. The van der Waals surface area contributed by atoms with Crippen LogP contribution in [-0.4, -0.2) is 18.3 Å². The number of hydrogen-bond donors (Lipinski definition) is 2. The first-order chi connectivity index (χ1) is 6.31. The molecule has 0 aliphatic rings. The van der Waals surface area contributed by atoms with Crippen molar-refractivity contribution in [3.63, 3.8) is 0 Å². The standard InChI is InChI=1S/C10H16N2O/c1-3-12(4-2)10-7-5-9(11-13)6-8-10/h5-8,11,13H,3-4H2,1-2H3. The van der Waals surface area contributed by atoms with E-state index in [4.69, 9.17) is 5.21 Å². The van der Waals surface area contributed by atoms with E-state index in [1.165, 1.54) is 5.69 Å². The summed E-state index contributed by atoms with van der Waals surface area (Å²) in [6.07, 6.45) is 0. The van der Waals surface area contributed by atoms with Gasteiger partial charge in [0.2, 0.25) is 0 Å². The summed E-state index contributed by atoms with van der Waals surface area (Å²) in [6.45, 7) is 6.26. The lowest BCUT2D eigenvalue weighted by Gasteiger charge is -2.20. The summed E-state index contributed by atoms with van der Waals surface area (Å²) in [7, 11) is 0. The van der Waals surface area contributed by atoms with Gasteiger partial charge in [0, 0.05) is 18.8 Å². The van der Waals surface area contributed by atoms with E-state index < -0.39 is 0 Å². The van der Waals surface area contributed by atoms with Crippen molar-refractivity contribution in [1.29, 1.82) is 0 Å². The lowest BCUT2D eigenvalue weighted by molar-refractivity contribution is 0.389. The SMILES string of the molecule is CCN(CC)c1ccc(NO)cc1. The zero-order valence-corrected chi connectivity index (χ0v) is 8.12. The molecule has 0 saturated heterocycles. The molecule has 3 nitrogen and oxygen atoms in total. The minimum absolute atomic E-state index is 0.718. The molecular weight excluding hydrogens is 164 g/mol. The number of nitrogens with zero attached hydrogens (tertiary/aromatic N) is 1. The molecule has 1 rings (SSSR count). The van der Waals surface area contributed by atoms with Gasteiger partial charge in [-0.2, -0.15) is 0 Å². The van der Waals surface area contributed by atoms with Crippen LogP contribution in [0.15, 0.2) is 24.3 Å². The van der Waals surface area contributed by atoms with Crippen molar-refractivity contribution in [3.05, 3.63) is 24.3 Å². The van der Waals surface area contributed by atoms with Gasteiger partial charge in [-0.25, -0.2) is 0 Å². The highest BCUT2D eigenvalue weighted by Crippen LogP contribution is 2.16. The Morgan fingerprint density at radius 2 is 1.69 bits per heavy atom. The number of benzene rings is 1. The molecule has 0 atom stereocenters. The summed E-state index contributed by atoms with van der Waals surface area (Å²) in [6, 6.07) is 7.69. The fourth-order valence-electron chi connectivity index (χ4n) is 1.34. The Morgan fingerprint density at radius 3 is 2.08 bits per heavy atom. The summed E-state index contributed by atoms with van der Waals surface area (Å²) in [5.41, 5.74) is 4.01. The van der Waals surface area contributed by atoms with Crippen LogP contribution in [0, 0.1) is 0 Å². The van der Waals surface area contributed by atoms with E-state index in [1.807, 2.05) is 24.3 Å². The monoisotopic (exact) mass is 180 g/mol. The Hall–Kier alpha value is -1.22. The van der Waals surface area contributed by atoms with Crippen molar-refractivity contribution in [3.8, 4) is 0 Å². The number of nitrogens with one attached hydrogen (secondary N) is 1. The van der Waals surface area contributed by atoms with Gasteiger partial charge in [0.25, 0.3) is 0 Å². The fraction of sp³-hybridized carbons (Fsp3) is 0.400. The Morgan fingerprint density at radius 1 is 1.15 bits per heavy atom. The second-order valence-electron chi connectivity index (χ2n) is 2.83. The Labute approximate surface area is 78.9 Å². The van der Waals surface area contributed by atoms with Crippen LogP contribution in [0.1, 0.15) is 13.8 Å². The van der Waals surface area contributed by atoms with Gasteiger partial charge in [0.05, 0.1) is 5.69 Å². The molecule has 0 bridgehead atoms. The predicted octanol–water partition coefficient (Wildman–Crippen LogP) is 2.33. The van der Waals surface area contributed by atoms with E-state index in [0.29, 0.717) is 0 Å². The maximum absolute atomic E-state index is 8.62. The van der Waals surface area contributed by atoms with Crippen molar-refractivity contribution < 1.29 is 5.21 Å². The average molecular weight is 180 g/mol. The molecule has 0 unspecified atom stereocenters. The Balaban J connectivity index is 2.78. The summed E-state index contributed by atoms with van der Waals surface area (Å²) in [4.78, 5) is 2.25. The van der Waals surface area contributed by atoms with E-state index in [2.05, 4.69) is 24.2 Å². The largest absolute Gasteiger partial charge is 0.372 e. The summed E-state index contributed by atoms with van der Waals surface area (Å²) < 4.78 is 0. The topological polar surface area (TPSA) is 35.5 Å². The van der Waals surface area contributed by atoms with Crippen LogP contribution < -0.4 is 10.4 Å². The molecule has 72 valence electrons. The van der Waals surface area contributed by atoms with Gasteiger partial charge in [-0.15, -0.1) is 0 Å². The van der Waals surface area contributed by atoms with Gasteiger partial charge in [-0.05, 0) is 38.1 Å². The van der Waals surface area contributed by atoms with Crippen molar-refractivity contribution in [1.82, 2.24) is 0 Å². The van der Waals surface area contributed by atoms with E-state index >= 15 is 0 Å². The van der Waals surface area contributed by atoms with E-state index in [0.717, 1.165) is 18.8 Å². The van der Waals surface area contributed by atoms with Crippen LogP contribution in [0.25, 0.3) is 0 Å². The zero-order valence-electron chi connectivity index (χ0n) is 8.12. The van der Waals surface area contributed by atoms with Crippen LogP contribution in [0.2, 0.25) is 0 Å². The maximum atomic E-state index is 8.62. The first-order valence-corrected chi connectivity index (χ1v) is 4.57. The normalized spacial score (nSPS) is 9.77. The third kappa shape index (κ3) is 2.36. The number of anilines is 2. The third-order valence-corrected chi connectivity index (χ3v) is 2.12. The molecule has 0 spiro atoms. The molecule has 0 aliphatic heterocycles. The Kier molecular flexibility index (Phi) is 3.58. The highest BCUT2D eigenvalue weighted by molar-refractivity contribution is 5.54. The van der Waals surface area contributed by atoms with E-state index in [-0.39, 0.29) is 0 Å². The van der Waals surface area contributed by atoms with Crippen LogP contribution in [0.3, 0.4) is 0 Å². The molecule has 2 N–H and O–H groups in total. The first-order valence-electron chi connectivity index (χ1n) is 4.57. The molecule has 3 heteroatoms. The average Bonchev–Trinajstić information content (AvgIpc) is 2.21. The molecule has 0 amide bonds. The zero-order chi connectivity index (χ0) is 9.68. The molecule has 0 aliphatic carbocycles. The quantitative estimate of drug-likeness (QED) is 0.698.